The van der Waals surface area contributed by atoms with Gasteiger partial charge in [-0.2, -0.15) is 0 Å². The highest BCUT2D eigenvalue weighted by Gasteiger charge is 2.17. The van der Waals surface area contributed by atoms with Crippen molar-refractivity contribution in [2.24, 2.45) is 9.98 Å². The molecule has 0 saturated carbocycles. The van der Waals surface area contributed by atoms with E-state index in [4.69, 9.17) is 9.98 Å². The van der Waals surface area contributed by atoms with Crippen LogP contribution in [0.5, 0.6) is 0 Å². The highest BCUT2D eigenvalue weighted by atomic mass is 32.1. The lowest BCUT2D eigenvalue weighted by molar-refractivity contribution is 1.03. The Morgan fingerprint density at radius 1 is 0.608 bits per heavy atom. The van der Waals surface area contributed by atoms with E-state index in [0.717, 1.165) is 79.5 Å². The van der Waals surface area contributed by atoms with Crippen LogP contribution >= 0.6 is 11.3 Å². The van der Waals surface area contributed by atoms with Crippen LogP contribution in [-0.2, 0) is 0 Å². The minimum atomic E-state index is 0.732. The van der Waals surface area contributed by atoms with Gasteiger partial charge in [-0.1, -0.05) is 128 Å². The first-order valence-electron chi connectivity index (χ1n) is 17.4. The first-order valence-corrected chi connectivity index (χ1v) is 18.2. The zero-order valence-corrected chi connectivity index (χ0v) is 29.8. The van der Waals surface area contributed by atoms with E-state index in [1.54, 1.807) is 11.3 Å². The second-order valence-corrected chi connectivity index (χ2v) is 14.2. The molecule has 6 aromatic carbocycles. The Balaban J connectivity index is 1.26. The van der Waals surface area contributed by atoms with Crippen LogP contribution in [0.2, 0.25) is 0 Å². The molecular weight excluding hydrogens is 637 g/mol. The van der Waals surface area contributed by atoms with Crippen LogP contribution in [0.25, 0.3) is 54.0 Å². The molecule has 2 nitrogen and oxygen atoms in total. The molecule has 246 valence electrons. The van der Waals surface area contributed by atoms with Crippen molar-refractivity contribution in [2.75, 3.05) is 0 Å². The van der Waals surface area contributed by atoms with Crippen molar-refractivity contribution in [2.45, 2.75) is 26.7 Å². The summed E-state index contributed by atoms with van der Waals surface area (Å²) in [5.41, 5.74) is 11.2. The van der Waals surface area contributed by atoms with E-state index in [1.165, 1.54) is 31.6 Å². The van der Waals surface area contributed by atoms with E-state index in [1.807, 2.05) is 6.07 Å². The number of allylic oxidation sites excluding steroid dienone is 4. The number of nitrogens with zero attached hydrogens (tertiary/aromatic N) is 2. The van der Waals surface area contributed by atoms with Gasteiger partial charge in [0.2, 0.25) is 0 Å². The third-order valence-corrected chi connectivity index (χ3v) is 10.8. The summed E-state index contributed by atoms with van der Waals surface area (Å²) in [6.45, 7) is 13.2. The molecule has 0 N–H and O–H groups in total. The Morgan fingerprint density at radius 3 is 2.16 bits per heavy atom. The molecule has 0 saturated heterocycles. The molecule has 1 aliphatic rings. The minimum Gasteiger partial charge on any atom is -0.253 e. The van der Waals surface area contributed by atoms with Crippen LogP contribution in [0, 0.1) is 0 Å². The number of hydrogen-bond acceptors (Lipinski definition) is 3. The Morgan fingerprint density at radius 2 is 1.33 bits per heavy atom. The van der Waals surface area contributed by atoms with Gasteiger partial charge in [0.1, 0.15) is 5.00 Å². The van der Waals surface area contributed by atoms with Crippen LogP contribution in [0.4, 0.5) is 5.00 Å². The standard InChI is InChI=1S/C48H38N2S/c1-31(35-15-7-5-8-16-35)47-45-21-13-14-22-46(45)51-48(47)50-34(4)41-28-40(33(3)49-32(2)36-17-9-6-10-18-36)29-42(30-41)38-25-26-44-39(27-38)24-23-37-19-11-12-20-43(37)44/h5,7-9,11-30H,1,3,6,10H2,2,4H3/b49-32?,50-34+. The van der Waals surface area contributed by atoms with Gasteiger partial charge >= 0.3 is 0 Å². The topological polar surface area (TPSA) is 24.7 Å². The zero-order chi connectivity index (χ0) is 34.9. The smallest absolute Gasteiger partial charge is 0.125 e. The SMILES string of the molecule is C=C(N=C(C)C1=CCCC=C1)c1cc(/C(C)=N/c2sc3ccccc3c2C(=C)c2ccccc2)cc(-c2ccc3c(ccc4ccccc43)c2)c1. The summed E-state index contributed by atoms with van der Waals surface area (Å²) < 4.78 is 1.19. The Labute approximate surface area is 303 Å². The van der Waals surface area contributed by atoms with Crippen LogP contribution < -0.4 is 0 Å². The quantitative estimate of drug-likeness (QED) is 0.113. The van der Waals surface area contributed by atoms with Crippen molar-refractivity contribution in [1.29, 1.82) is 0 Å². The maximum absolute atomic E-state index is 5.36. The second kappa shape index (κ2) is 13.8. The summed E-state index contributed by atoms with van der Waals surface area (Å²) in [6.07, 6.45) is 8.75. The van der Waals surface area contributed by atoms with Gasteiger partial charge in [0.25, 0.3) is 0 Å². The van der Waals surface area contributed by atoms with Crippen LogP contribution in [0.3, 0.4) is 0 Å². The summed E-state index contributed by atoms with van der Waals surface area (Å²) in [6, 6.07) is 45.3. The highest BCUT2D eigenvalue weighted by Crippen LogP contribution is 2.44. The van der Waals surface area contributed by atoms with Crippen molar-refractivity contribution in [3.63, 3.8) is 0 Å². The van der Waals surface area contributed by atoms with E-state index in [-0.39, 0.29) is 0 Å². The highest BCUT2D eigenvalue weighted by molar-refractivity contribution is 7.23. The number of fused-ring (bicyclic) bond motifs is 4. The summed E-state index contributed by atoms with van der Waals surface area (Å²) >= 11 is 1.71. The molecule has 7 aromatic rings. The third kappa shape index (κ3) is 6.45. The number of benzene rings is 6. The lowest BCUT2D eigenvalue weighted by Gasteiger charge is -2.13. The van der Waals surface area contributed by atoms with Gasteiger partial charge in [0, 0.05) is 32.6 Å². The van der Waals surface area contributed by atoms with E-state index >= 15 is 0 Å². The average Bonchev–Trinajstić information content (AvgIpc) is 3.55. The molecule has 0 radical (unpaired) electrons. The molecule has 0 amide bonds. The molecule has 51 heavy (non-hydrogen) atoms. The van der Waals surface area contributed by atoms with Crippen molar-refractivity contribution in [1.82, 2.24) is 0 Å². The molecule has 0 aliphatic heterocycles. The number of hydrogen-bond donors (Lipinski definition) is 0. The summed E-state index contributed by atoms with van der Waals surface area (Å²) in [5, 5.41) is 7.10. The van der Waals surface area contributed by atoms with E-state index in [9.17, 15) is 0 Å². The molecule has 0 atom stereocenters. The summed E-state index contributed by atoms with van der Waals surface area (Å²) in [7, 11) is 0. The fourth-order valence-corrected chi connectivity index (χ4v) is 8.13. The second-order valence-electron chi connectivity index (χ2n) is 13.1. The van der Waals surface area contributed by atoms with Gasteiger partial charge in [0.05, 0.1) is 5.70 Å². The van der Waals surface area contributed by atoms with Gasteiger partial charge in [0.15, 0.2) is 0 Å². The fourth-order valence-electron chi connectivity index (χ4n) is 6.98. The zero-order valence-electron chi connectivity index (χ0n) is 29.0. The monoisotopic (exact) mass is 674 g/mol. The van der Waals surface area contributed by atoms with E-state index in [2.05, 4.69) is 167 Å². The Bertz CT molecular complexity index is 2630. The maximum Gasteiger partial charge on any atom is 0.125 e. The van der Waals surface area contributed by atoms with Crippen molar-refractivity contribution < 1.29 is 0 Å². The van der Waals surface area contributed by atoms with Crippen LogP contribution in [0.15, 0.2) is 174 Å². The lowest BCUT2D eigenvalue weighted by Crippen LogP contribution is -2.00. The number of thiophene rings is 1. The largest absolute Gasteiger partial charge is 0.253 e. The Hall–Kier alpha value is -5.90. The molecule has 1 aromatic heterocycles. The molecule has 0 bridgehead atoms. The average molecular weight is 675 g/mol. The molecular formula is C48H38N2S. The minimum absolute atomic E-state index is 0.732. The third-order valence-electron chi connectivity index (χ3n) is 9.75. The molecule has 0 fully saturated rings. The van der Waals surface area contributed by atoms with Crippen molar-refractivity contribution in [3.8, 4) is 11.1 Å². The molecule has 1 heterocycles. The van der Waals surface area contributed by atoms with Crippen molar-refractivity contribution in [3.05, 3.63) is 187 Å². The molecule has 3 heteroatoms. The molecule has 0 spiro atoms. The number of rotatable bonds is 8. The van der Waals surface area contributed by atoms with E-state index in [0.29, 0.717) is 0 Å². The fraction of sp³-hybridized carbons (Fsp3) is 0.0833. The first-order chi connectivity index (χ1) is 24.9. The van der Waals surface area contributed by atoms with E-state index < -0.39 is 0 Å². The van der Waals surface area contributed by atoms with Gasteiger partial charge < -0.3 is 0 Å². The lowest BCUT2D eigenvalue weighted by atomic mass is 9.94. The predicted octanol–water partition coefficient (Wildman–Crippen LogP) is 13.8. The van der Waals surface area contributed by atoms with Gasteiger partial charge in [-0.3, -0.25) is 4.99 Å². The van der Waals surface area contributed by atoms with Gasteiger partial charge in [-0.25, -0.2) is 4.99 Å². The molecule has 1 aliphatic carbocycles. The van der Waals surface area contributed by atoms with Crippen LogP contribution in [-0.4, -0.2) is 11.4 Å². The van der Waals surface area contributed by atoms with Gasteiger partial charge in [-0.05, 0) is 112 Å². The molecule has 8 rings (SSSR count). The maximum atomic E-state index is 5.36. The number of aliphatic imine (C=N–C) groups is 2. The Kier molecular flexibility index (Phi) is 8.73. The normalized spacial score (nSPS) is 13.6. The van der Waals surface area contributed by atoms with Crippen molar-refractivity contribution >= 4 is 70.7 Å². The first kappa shape index (κ1) is 32.3. The summed E-state index contributed by atoms with van der Waals surface area (Å²) in [5.74, 6) is 0. The van der Waals surface area contributed by atoms with Crippen LogP contribution in [0.1, 0.15) is 48.9 Å². The van der Waals surface area contributed by atoms with Gasteiger partial charge in [-0.15, -0.1) is 11.3 Å². The summed E-state index contributed by atoms with van der Waals surface area (Å²) in [4.78, 5) is 10.4. The predicted molar refractivity (Wildman–Crippen MR) is 224 cm³/mol. The molecule has 0 unspecified atom stereocenters.